The highest BCUT2D eigenvalue weighted by atomic mass is 32.1. The highest BCUT2D eigenvalue weighted by Gasteiger charge is 2.21. The first-order chi connectivity index (χ1) is 8.76. The first-order valence-electron chi connectivity index (χ1n) is 6.57. The summed E-state index contributed by atoms with van der Waals surface area (Å²) in [5, 5.41) is 4.87. The number of piperidine rings is 1. The van der Waals surface area contributed by atoms with Crippen LogP contribution in [0.15, 0.2) is 24.3 Å². The van der Waals surface area contributed by atoms with Gasteiger partial charge in [-0.3, -0.25) is 0 Å². The largest absolute Gasteiger partial charge is 0.497 e. The second kappa shape index (κ2) is 4.90. The van der Waals surface area contributed by atoms with Gasteiger partial charge in [-0.15, -0.1) is 11.3 Å². The first kappa shape index (κ1) is 12.0. The zero-order valence-electron chi connectivity index (χ0n) is 10.9. The molecule has 1 fully saturated rings. The van der Waals surface area contributed by atoms with Crippen molar-refractivity contribution in [3.8, 4) is 5.75 Å². The molecule has 2 unspecified atom stereocenters. The summed E-state index contributed by atoms with van der Waals surface area (Å²) in [6.45, 7) is 3.42. The van der Waals surface area contributed by atoms with Gasteiger partial charge in [-0.25, -0.2) is 0 Å². The smallest absolute Gasteiger partial charge is 0.120 e. The summed E-state index contributed by atoms with van der Waals surface area (Å²) in [5.41, 5.74) is 0. The fourth-order valence-corrected chi connectivity index (χ4v) is 3.99. The molecule has 0 aliphatic carbocycles. The van der Waals surface area contributed by atoms with Gasteiger partial charge in [0.1, 0.15) is 5.75 Å². The van der Waals surface area contributed by atoms with Gasteiger partial charge in [0.05, 0.1) is 7.11 Å². The monoisotopic (exact) mass is 261 g/mol. The number of rotatable bonds is 2. The van der Waals surface area contributed by atoms with Crippen molar-refractivity contribution in [3.05, 3.63) is 29.1 Å². The van der Waals surface area contributed by atoms with Crippen molar-refractivity contribution < 1.29 is 4.74 Å². The summed E-state index contributed by atoms with van der Waals surface area (Å²) in [6.07, 6.45) is 2.51. The molecule has 1 aliphatic rings. The van der Waals surface area contributed by atoms with E-state index in [0.717, 1.165) is 18.2 Å². The fraction of sp³-hybridized carbons (Fsp3) is 0.467. The zero-order chi connectivity index (χ0) is 12.5. The van der Waals surface area contributed by atoms with Gasteiger partial charge in [0.2, 0.25) is 0 Å². The standard InChI is InChI=1S/C15H19NOS/c1-10-7-12(5-6-16-10)14-8-11-3-4-13(17-2)9-15(11)18-14/h3-4,8-10,12,16H,5-7H2,1-2H3. The normalized spacial score (nSPS) is 24.3. The van der Waals surface area contributed by atoms with Crippen molar-refractivity contribution in [1.29, 1.82) is 0 Å². The highest BCUT2D eigenvalue weighted by Crippen LogP contribution is 2.37. The second-order valence-corrected chi connectivity index (χ2v) is 6.24. The van der Waals surface area contributed by atoms with Crippen LogP contribution in [0.25, 0.3) is 10.1 Å². The van der Waals surface area contributed by atoms with Crippen molar-refractivity contribution in [2.24, 2.45) is 0 Å². The van der Waals surface area contributed by atoms with Gasteiger partial charge in [0.15, 0.2) is 0 Å². The highest BCUT2D eigenvalue weighted by molar-refractivity contribution is 7.19. The Morgan fingerprint density at radius 3 is 3.00 bits per heavy atom. The van der Waals surface area contributed by atoms with E-state index in [1.807, 2.05) is 17.4 Å². The molecule has 0 bridgehead atoms. The van der Waals surface area contributed by atoms with Crippen LogP contribution in [0.1, 0.15) is 30.6 Å². The van der Waals surface area contributed by atoms with Crippen LogP contribution in [0.5, 0.6) is 5.75 Å². The molecule has 0 radical (unpaired) electrons. The number of ether oxygens (including phenoxy) is 1. The van der Waals surface area contributed by atoms with Crippen LogP contribution in [0.4, 0.5) is 0 Å². The van der Waals surface area contributed by atoms with E-state index in [4.69, 9.17) is 4.74 Å². The maximum Gasteiger partial charge on any atom is 0.120 e. The lowest BCUT2D eigenvalue weighted by atomic mass is 9.92. The molecule has 0 spiro atoms. The van der Waals surface area contributed by atoms with Crippen LogP contribution in [-0.4, -0.2) is 19.7 Å². The Morgan fingerprint density at radius 2 is 2.22 bits per heavy atom. The number of benzene rings is 1. The van der Waals surface area contributed by atoms with Crippen LogP contribution in [-0.2, 0) is 0 Å². The van der Waals surface area contributed by atoms with Crippen molar-refractivity contribution in [2.75, 3.05) is 13.7 Å². The predicted octanol–water partition coefficient (Wildman–Crippen LogP) is 3.77. The Bertz CT molecular complexity index is 548. The summed E-state index contributed by atoms with van der Waals surface area (Å²) in [7, 11) is 1.73. The molecular formula is C15H19NOS. The third-order valence-electron chi connectivity index (χ3n) is 3.77. The molecule has 2 atom stereocenters. The molecule has 3 heteroatoms. The number of thiophene rings is 1. The molecule has 2 nitrogen and oxygen atoms in total. The lowest BCUT2D eigenvalue weighted by molar-refractivity contribution is 0.384. The van der Waals surface area contributed by atoms with E-state index in [-0.39, 0.29) is 0 Å². The SMILES string of the molecule is COc1ccc2cc(C3CCNC(C)C3)sc2c1. The molecule has 3 rings (SSSR count). The van der Waals surface area contributed by atoms with E-state index in [0.29, 0.717) is 6.04 Å². The first-order valence-corrected chi connectivity index (χ1v) is 7.39. The Balaban J connectivity index is 1.92. The fourth-order valence-electron chi connectivity index (χ4n) is 2.75. The maximum absolute atomic E-state index is 5.29. The summed E-state index contributed by atoms with van der Waals surface area (Å²) in [5.74, 6) is 1.68. The molecule has 1 aromatic carbocycles. The lowest BCUT2D eigenvalue weighted by Crippen LogP contribution is -2.34. The van der Waals surface area contributed by atoms with Crippen LogP contribution in [0.3, 0.4) is 0 Å². The molecule has 1 saturated heterocycles. The Morgan fingerprint density at radius 1 is 1.33 bits per heavy atom. The Kier molecular flexibility index (Phi) is 3.27. The van der Waals surface area contributed by atoms with Crippen molar-refractivity contribution in [1.82, 2.24) is 5.32 Å². The number of methoxy groups -OCH3 is 1. The topological polar surface area (TPSA) is 21.3 Å². The van der Waals surface area contributed by atoms with E-state index < -0.39 is 0 Å². The molecule has 2 aromatic rings. The van der Waals surface area contributed by atoms with Crippen LogP contribution < -0.4 is 10.1 Å². The minimum atomic E-state index is 0.642. The van der Waals surface area contributed by atoms with E-state index >= 15 is 0 Å². The van der Waals surface area contributed by atoms with E-state index in [2.05, 4.69) is 30.4 Å². The summed E-state index contributed by atoms with van der Waals surface area (Å²) < 4.78 is 6.63. The van der Waals surface area contributed by atoms with Gasteiger partial charge in [0, 0.05) is 15.6 Å². The number of hydrogen-bond acceptors (Lipinski definition) is 3. The van der Waals surface area contributed by atoms with Gasteiger partial charge in [-0.1, -0.05) is 0 Å². The van der Waals surface area contributed by atoms with Gasteiger partial charge in [0.25, 0.3) is 0 Å². The van der Waals surface area contributed by atoms with Crippen LogP contribution >= 0.6 is 11.3 Å². The third-order valence-corrected chi connectivity index (χ3v) is 5.03. The summed E-state index contributed by atoms with van der Waals surface area (Å²) in [4.78, 5) is 1.53. The Hall–Kier alpha value is -1.06. The average Bonchev–Trinajstić information content (AvgIpc) is 2.81. The lowest BCUT2D eigenvalue weighted by Gasteiger charge is -2.27. The minimum absolute atomic E-state index is 0.642. The van der Waals surface area contributed by atoms with E-state index in [1.165, 1.54) is 27.8 Å². The quantitative estimate of drug-likeness (QED) is 0.888. The van der Waals surface area contributed by atoms with Gasteiger partial charge >= 0.3 is 0 Å². The average molecular weight is 261 g/mol. The molecule has 1 N–H and O–H groups in total. The van der Waals surface area contributed by atoms with Gasteiger partial charge in [-0.2, -0.15) is 0 Å². The molecule has 2 heterocycles. The van der Waals surface area contributed by atoms with Crippen molar-refractivity contribution in [3.63, 3.8) is 0 Å². The molecule has 1 aromatic heterocycles. The van der Waals surface area contributed by atoms with Crippen LogP contribution in [0, 0.1) is 0 Å². The summed E-state index contributed by atoms with van der Waals surface area (Å²) in [6, 6.07) is 9.36. The molecule has 1 aliphatic heterocycles. The molecule has 0 amide bonds. The summed E-state index contributed by atoms with van der Waals surface area (Å²) >= 11 is 1.93. The number of fused-ring (bicyclic) bond motifs is 1. The van der Waals surface area contributed by atoms with Gasteiger partial charge in [-0.05, 0) is 61.9 Å². The van der Waals surface area contributed by atoms with E-state index in [1.54, 1.807) is 7.11 Å². The molecule has 0 saturated carbocycles. The third kappa shape index (κ3) is 2.25. The molecule has 96 valence electrons. The minimum Gasteiger partial charge on any atom is -0.497 e. The van der Waals surface area contributed by atoms with Crippen LogP contribution in [0.2, 0.25) is 0 Å². The zero-order valence-corrected chi connectivity index (χ0v) is 11.7. The predicted molar refractivity (Wildman–Crippen MR) is 77.8 cm³/mol. The molecule has 18 heavy (non-hydrogen) atoms. The van der Waals surface area contributed by atoms with E-state index in [9.17, 15) is 0 Å². The number of nitrogens with one attached hydrogen (secondary N) is 1. The Labute approximate surface area is 112 Å². The van der Waals surface area contributed by atoms with Crippen molar-refractivity contribution in [2.45, 2.75) is 31.7 Å². The number of hydrogen-bond donors (Lipinski definition) is 1. The maximum atomic E-state index is 5.29. The molecular weight excluding hydrogens is 242 g/mol. The van der Waals surface area contributed by atoms with Gasteiger partial charge < -0.3 is 10.1 Å². The second-order valence-electron chi connectivity index (χ2n) is 5.13. The van der Waals surface area contributed by atoms with Crippen molar-refractivity contribution >= 4 is 21.4 Å².